The number of aryl methyl sites for hydroxylation is 1. The minimum absolute atomic E-state index is 0.101. The lowest BCUT2D eigenvalue weighted by Gasteiger charge is -2.31. The van der Waals surface area contributed by atoms with Gasteiger partial charge in [0.2, 0.25) is 5.91 Å². The molecular formula is C24H28N4O3. The highest BCUT2D eigenvalue weighted by molar-refractivity contribution is 5.79. The van der Waals surface area contributed by atoms with Crippen molar-refractivity contribution in [2.75, 3.05) is 20.2 Å². The van der Waals surface area contributed by atoms with Crippen molar-refractivity contribution in [2.45, 2.75) is 31.7 Å². The summed E-state index contributed by atoms with van der Waals surface area (Å²) in [6, 6.07) is 17.6. The summed E-state index contributed by atoms with van der Waals surface area (Å²) in [6.07, 6.45) is 1.97. The summed E-state index contributed by atoms with van der Waals surface area (Å²) in [5.41, 5.74) is 1.92. The highest BCUT2D eigenvalue weighted by Gasteiger charge is 2.28. The maximum atomic E-state index is 12.8. The molecule has 0 saturated carbocycles. The highest BCUT2D eigenvalue weighted by Crippen LogP contribution is 2.27. The Morgan fingerprint density at radius 3 is 2.48 bits per heavy atom. The van der Waals surface area contributed by atoms with Crippen molar-refractivity contribution in [2.24, 2.45) is 7.05 Å². The van der Waals surface area contributed by atoms with Crippen LogP contribution in [0.3, 0.4) is 0 Å². The number of carbonyl (C=O) groups excluding carboxylic acids is 1. The number of hydrogen-bond donors (Lipinski definition) is 0. The summed E-state index contributed by atoms with van der Waals surface area (Å²) in [5.74, 6) is 1.86. The molecule has 1 amide bonds. The lowest BCUT2D eigenvalue weighted by atomic mass is 9.95. The Balaban J connectivity index is 1.42. The quantitative estimate of drug-likeness (QED) is 0.615. The predicted molar refractivity (Wildman–Crippen MR) is 118 cm³/mol. The van der Waals surface area contributed by atoms with E-state index in [0.717, 1.165) is 35.5 Å². The van der Waals surface area contributed by atoms with E-state index in [2.05, 4.69) is 5.10 Å². The van der Waals surface area contributed by atoms with Crippen molar-refractivity contribution in [3.63, 3.8) is 0 Å². The smallest absolute Gasteiger partial charge is 0.345 e. The molecule has 0 radical (unpaired) electrons. The first-order valence-electron chi connectivity index (χ1n) is 10.6. The SMILES string of the molecule is COc1cccc(CC(=O)N2CCC(c3nn(C)c(=O)n3Cc3ccccc3)CC2)c1. The minimum Gasteiger partial charge on any atom is -0.497 e. The normalized spacial score (nSPS) is 14.6. The van der Waals surface area contributed by atoms with Crippen LogP contribution in [0.25, 0.3) is 0 Å². The fraction of sp³-hybridized carbons (Fsp3) is 0.375. The molecule has 0 aliphatic carbocycles. The number of rotatable bonds is 6. The zero-order valence-electron chi connectivity index (χ0n) is 18.0. The first-order chi connectivity index (χ1) is 15.0. The van der Waals surface area contributed by atoms with Crippen LogP contribution in [0.15, 0.2) is 59.4 Å². The molecule has 1 aromatic heterocycles. The van der Waals surface area contributed by atoms with E-state index in [1.54, 1.807) is 18.7 Å². The number of ether oxygens (including phenoxy) is 1. The third-order valence-corrected chi connectivity index (χ3v) is 5.92. The number of carbonyl (C=O) groups is 1. The van der Waals surface area contributed by atoms with E-state index in [4.69, 9.17) is 4.74 Å². The molecule has 4 rings (SSSR count). The van der Waals surface area contributed by atoms with Gasteiger partial charge in [-0.2, -0.15) is 5.10 Å². The molecule has 0 spiro atoms. The van der Waals surface area contributed by atoms with E-state index >= 15 is 0 Å². The summed E-state index contributed by atoms with van der Waals surface area (Å²) in [7, 11) is 3.32. The number of piperidine rings is 1. The van der Waals surface area contributed by atoms with Crippen LogP contribution in [0.1, 0.15) is 35.7 Å². The minimum atomic E-state index is -0.101. The molecule has 31 heavy (non-hydrogen) atoms. The van der Waals surface area contributed by atoms with Crippen LogP contribution in [0.5, 0.6) is 5.75 Å². The Morgan fingerprint density at radius 1 is 1.06 bits per heavy atom. The van der Waals surface area contributed by atoms with Crippen molar-refractivity contribution in [1.29, 1.82) is 0 Å². The van der Waals surface area contributed by atoms with Gasteiger partial charge in [0, 0.05) is 26.1 Å². The van der Waals surface area contributed by atoms with Gasteiger partial charge in [-0.3, -0.25) is 9.36 Å². The number of amides is 1. The monoisotopic (exact) mass is 420 g/mol. The number of nitrogens with zero attached hydrogens (tertiary/aromatic N) is 4. The number of aromatic nitrogens is 3. The zero-order valence-corrected chi connectivity index (χ0v) is 18.0. The maximum Gasteiger partial charge on any atom is 0.345 e. The van der Waals surface area contributed by atoms with Gasteiger partial charge in [-0.05, 0) is 36.1 Å². The van der Waals surface area contributed by atoms with Gasteiger partial charge in [0.15, 0.2) is 0 Å². The third-order valence-electron chi connectivity index (χ3n) is 5.92. The predicted octanol–water partition coefficient (Wildman–Crippen LogP) is 2.59. The number of hydrogen-bond acceptors (Lipinski definition) is 4. The maximum absolute atomic E-state index is 12.8. The molecule has 2 heterocycles. The topological polar surface area (TPSA) is 69.4 Å². The van der Waals surface area contributed by atoms with Crippen molar-refractivity contribution >= 4 is 5.91 Å². The average molecular weight is 421 g/mol. The lowest BCUT2D eigenvalue weighted by Crippen LogP contribution is -2.39. The molecule has 7 nitrogen and oxygen atoms in total. The van der Waals surface area contributed by atoms with Gasteiger partial charge < -0.3 is 9.64 Å². The molecule has 0 N–H and O–H groups in total. The number of methoxy groups -OCH3 is 1. The molecule has 1 saturated heterocycles. The molecule has 1 fully saturated rings. The Labute approximate surface area is 181 Å². The first-order valence-corrected chi connectivity index (χ1v) is 10.6. The Morgan fingerprint density at radius 2 is 1.77 bits per heavy atom. The number of likely N-dealkylation sites (tertiary alicyclic amines) is 1. The molecule has 1 aliphatic rings. The van der Waals surface area contributed by atoms with E-state index in [0.29, 0.717) is 26.1 Å². The van der Waals surface area contributed by atoms with Gasteiger partial charge in [0.25, 0.3) is 0 Å². The fourth-order valence-corrected chi connectivity index (χ4v) is 4.20. The van der Waals surface area contributed by atoms with Crippen LogP contribution in [0, 0.1) is 0 Å². The molecule has 1 aliphatic heterocycles. The van der Waals surface area contributed by atoms with E-state index in [-0.39, 0.29) is 17.5 Å². The highest BCUT2D eigenvalue weighted by atomic mass is 16.5. The molecule has 3 aromatic rings. The van der Waals surface area contributed by atoms with Gasteiger partial charge >= 0.3 is 5.69 Å². The third kappa shape index (κ3) is 4.71. The second-order valence-electron chi connectivity index (χ2n) is 8.02. The van der Waals surface area contributed by atoms with Gasteiger partial charge in [-0.25, -0.2) is 9.48 Å². The summed E-state index contributed by atoms with van der Waals surface area (Å²) >= 11 is 0. The summed E-state index contributed by atoms with van der Waals surface area (Å²) < 4.78 is 8.44. The molecule has 0 unspecified atom stereocenters. The van der Waals surface area contributed by atoms with Crippen LogP contribution in [-0.2, 0) is 24.8 Å². The molecule has 0 atom stereocenters. The molecule has 7 heteroatoms. The average Bonchev–Trinajstić information content (AvgIpc) is 3.08. The lowest BCUT2D eigenvalue weighted by molar-refractivity contribution is -0.131. The summed E-state index contributed by atoms with van der Waals surface area (Å²) in [5, 5.41) is 4.54. The Kier molecular flexibility index (Phi) is 6.21. The van der Waals surface area contributed by atoms with Crippen molar-refractivity contribution < 1.29 is 9.53 Å². The van der Waals surface area contributed by atoms with Crippen molar-refractivity contribution in [1.82, 2.24) is 19.2 Å². The van der Waals surface area contributed by atoms with E-state index in [1.165, 1.54) is 4.68 Å². The van der Waals surface area contributed by atoms with E-state index in [1.807, 2.05) is 59.5 Å². The molecule has 0 bridgehead atoms. The summed E-state index contributed by atoms with van der Waals surface area (Å²) in [4.78, 5) is 27.4. The van der Waals surface area contributed by atoms with Gasteiger partial charge in [-0.1, -0.05) is 42.5 Å². The van der Waals surface area contributed by atoms with Gasteiger partial charge in [0.05, 0.1) is 20.1 Å². The van der Waals surface area contributed by atoms with E-state index in [9.17, 15) is 9.59 Å². The van der Waals surface area contributed by atoms with Crippen LogP contribution in [0.2, 0.25) is 0 Å². The van der Waals surface area contributed by atoms with Gasteiger partial charge in [0.1, 0.15) is 11.6 Å². The fourth-order valence-electron chi connectivity index (χ4n) is 4.20. The van der Waals surface area contributed by atoms with Crippen molar-refractivity contribution in [3.05, 3.63) is 82.0 Å². The van der Waals surface area contributed by atoms with E-state index < -0.39 is 0 Å². The largest absolute Gasteiger partial charge is 0.497 e. The molecule has 2 aromatic carbocycles. The molecular weight excluding hydrogens is 392 g/mol. The summed E-state index contributed by atoms with van der Waals surface area (Å²) in [6.45, 7) is 1.85. The van der Waals surface area contributed by atoms with Gasteiger partial charge in [-0.15, -0.1) is 0 Å². The second kappa shape index (κ2) is 9.20. The second-order valence-corrected chi connectivity index (χ2v) is 8.02. The van der Waals surface area contributed by atoms with Crippen LogP contribution in [0.4, 0.5) is 0 Å². The number of benzene rings is 2. The Hall–Kier alpha value is -3.35. The van der Waals surface area contributed by atoms with Crippen LogP contribution < -0.4 is 10.4 Å². The van der Waals surface area contributed by atoms with Crippen LogP contribution in [-0.4, -0.2) is 45.4 Å². The van der Waals surface area contributed by atoms with Crippen LogP contribution >= 0.6 is 0 Å². The zero-order chi connectivity index (χ0) is 21.8. The Bertz CT molecular complexity index is 1100. The first kappa shape index (κ1) is 20.9. The van der Waals surface area contributed by atoms with Crippen molar-refractivity contribution in [3.8, 4) is 5.75 Å². The molecule has 162 valence electrons. The standard InChI is InChI=1S/C24H28N4O3/c1-26-24(30)28(17-18-7-4-3-5-8-18)23(25-26)20-11-13-27(14-12-20)22(29)16-19-9-6-10-21(15-19)31-2/h3-10,15,20H,11-14,16-17H2,1-2H3.